The molecular formula is C36H55NO3. The van der Waals surface area contributed by atoms with Crippen LogP contribution in [-0.4, -0.2) is 52.2 Å². The maximum absolute atomic E-state index is 14.2. The Morgan fingerprint density at radius 3 is 2.40 bits per heavy atom. The molecular weight excluding hydrogens is 494 g/mol. The van der Waals surface area contributed by atoms with Crippen LogP contribution in [0.2, 0.25) is 0 Å². The van der Waals surface area contributed by atoms with Crippen molar-refractivity contribution in [2.75, 3.05) is 19.6 Å². The number of β-amino-alcohol motifs (C(OH)–C–C–N with tert-alkyl or cyclic N) is 1. The van der Waals surface area contributed by atoms with Gasteiger partial charge in [-0.25, -0.2) is 0 Å². The molecule has 0 spiro atoms. The van der Waals surface area contributed by atoms with Crippen molar-refractivity contribution in [2.24, 2.45) is 11.3 Å². The van der Waals surface area contributed by atoms with E-state index in [1.165, 1.54) is 44.1 Å². The van der Waals surface area contributed by atoms with Crippen LogP contribution in [0.25, 0.3) is 0 Å². The van der Waals surface area contributed by atoms with Crippen LogP contribution in [0.15, 0.2) is 29.8 Å². The lowest BCUT2D eigenvalue weighted by Crippen LogP contribution is -2.53. The molecule has 4 unspecified atom stereocenters. The van der Waals surface area contributed by atoms with E-state index in [0.717, 1.165) is 101 Å². The third kappa shape index (κ3) is 6.60. The van der Waals surface area contributed by atoms with Crippen molar-refractivity contribution in [3.63, 3.8) is 0 Å². The molecule has 1 aliphatic heterocycles. The van der Waals surface area contributed by atoms with E-state index < -0.39 is 11.7 Å². The number of aliphatic hydroxyl groups is 2. The molecule has 1 heterocycles. The van der Waals surface area contributed by atoms with Crippen molar-refractivity contribution < 1.29 is 15.0 Å². The number of carbonyl (C=O) groups excluding carboxylic acids is 1. The van der Waals surface area contributed by atoms with Crippen LogP contribution in [0.3, 0.4) is 0 Å². The Bertz CT molecular complexity index is 1030. The Kier molecular flexibility index (Phi) is 9.91. The first-order valence-electron chi connectivity index (χ1n) is 16.7. The van der Waals surface area contributed by atoms with Crippen molar-refractivity contribution in [2.45, 2.75) is 141 Å². The number of ketones is 1. The van der Waals surface area contributed by atoms with Gasteiger partial charge in [0, 0.05) is 23.4 Å². The van der Waals surface area contributed by atoms with Gasteiger partial charge in [-0.15, -0.1) is 0 Å². The maximum Gasteiger partial charge on any atom is 0.166 e. The smallest absolute Gasteiger partial charge is 0.166 e. The highest BCUT2D eigenvalue weighted by molar-refractivity contribution is 5.99. The summed E-state index contributed by atoms with van der Waals surface area (Å²) in [7, 11) is 0. The highest BCUT2D eigenvalue weighted by atomic mass is 16.3. The van der Waals surface area contributed by atoms with E-state index in [2.05, 4.69) is 43.0 Å². The summed E-state index contributed by atoms with van der Waals surface area (Å²) >= 11 is 0. The second kappa shape index (κ2) is 13.2. The zero-order valence-corrected chi connectivity index (χ0v) is 25.4. The molecule has 1 saturated heterocycles. The van der Waals surface area contributed by atoms with Crippen molar-refractivity contribution in [1.29, 1.82) is 0 Å². The highest BCUT2D eigenvalue weighted by Gasteiger charge is 2.57. The van der Waals surface area contributed by atoms with Gasteiger partial charge >= 0.3 is 0 Å². The number of hydrogen-bond acceptors (Lipinski definition) is 4. The Labute approximate surface area is 243 Å². The van der Waals surface area contributed by atoms with Gasteiger partial charge in [0.1, 0.15) is 0 Å². The molecule has 2 N–H and O–H groups in total. The van der Waals surface area contributed by atoms with Gasteiger partial charge in [-0.05, 0) is 114 Å². The SMILES string of the molecule is CC1=CCCC2(C)C(CCC2(O)CN2CCCCCCC2)c2ccc(cc2C(=O)C2CCCCC2)CC(O)CC1. The number of nitrogens with zero attached hydrogens (tertiary/aromatic N) is 1. The second-order valence-electron chi connectivity index (χ2n) is 14.2. The molecule has 222 valence electrons. The number of Topliss-reactive ketones (excluding diaryl/α,β-unsaturated/α-hetero) is 1. The number of allylic oxidation sites excluding steroid dienone is 2. The molecule has 3 fully saturated rings. The Balaban J connectivity index is 1.53. The number of aliphatic hydroxyl groups excluding tert-OH is 1. The summed E-state index contributed by atoms with van der Waals surface area (Å²) in [6.07, 6.45) is 19.7. The Hall–Kier alpha value is -1.49. The molecule has 0 amide bonds. The summed E-state index contributed by atoms with van der Waals surface area (Å²) in [5.74, 6) is 0.588. The van der Waals surface area contributed by atoms with Gasteiger partial charge in [-0.2, -0.15) is 0 Å². The summed E-state index contributed by atoms with van der Waals surface area (Å²) in [6, 6.07) is 6.52. The third-order valence-corrected chi connectivity index (χ3v) is 11.3. The fourth-order valence-corrected chi connectivity index (χ4v) is 8.64. The summed E-state index contributed by atoms with van der Waals surface area (Å²) in [4.78, 5) is 16.7. The number of benzene rings is 1. The van der Waals surface area contributed by atoms with E-state index in [1.54, 1.807) is 0 Å². The predicted octanol–water partition coefficient (Wildman–Crippen LogP) is 7.75. The van der Waals surface area contributed by atoms with Crippen molar-refractivity contribution >= 4 is 5.78 Å². The van der Waals surface area contributed by atoms with Gasteiger partial charge in [-0.3, -0.25) is 4.79 Å². The number of likely N-dealkylation sites (tertiary alicyclic amines) is 1. The monoisotopic (exact) mass is 549 g/mol. The lowest BCUT2D eigenvalue weighted by Gasteiger charge is -2.46. The minimum Gasteiger partial charge on any atom is -0.393 e. The largest absolute Gasteiger partial charge is 0.393 e. The first kappa shape index (κ1) is 30.0. The van der Waals surface area contributed by atoms with Crippen molar-refractivity contribution in [3.05, 3.63) is 46.5 Å². The number of fused-ring (bicyclic) bond motifs is 8. The van der Waals surface area contributed by atoms with Crippen LogP contribution in [0, 0.1) is 11.3 Å². The fourth-order valence-electron chi connectivity index (χ4n) is 8.64. The minimum atomic E-state index is -0.768. The molecule has 5 aliphatic rings. The van der Waals surface area contributed by atoms with Gasteiger partial charge in [0.2, 0.25) is 0 Å². The van der Waals surface area contributed by atoms with Crippen molar-refractivity contribution in [1.82, 2.24) is 4.90 Å². The van der Waals surface area contributed by atoms with Crippen LogP contribution in [-0.2, 0) is 6.42 Å². The normalized spacial score (nSPS) is 33.5. The lowest BCUT2D eigenvalue weighted by molar-refractivity contribution is -0.0843. The van der Waals surface area contributed by atoms with E-state index in [1.807, 2.05) is 0 Å². The topological polar surface area (TPSA) is 60.8 Å². The van der Waals surface area contributed by atoms with Crippen molar-refractivity contribution in [3.8, 4) is 0 Å². The molecule has 1 aromatic carbocycles. The first-order chi connectivity index (χ1) is 19.3. The summed E-state index contributed by atoms with van der Waals surface area (Å²) in [5, 5.41) is 23.5. The molecule has 40 heavy (non-hydrogen) atoms. The molecule has 0 aromatic heterocycles. The molecule has 2 saturated carbocycles. The molecule has 2 bridgehead atoms. The Morgan fingerprint density at radius 1 is 0.950 bits per heavy atom. The zero-order chi connectivity index (χ0) is 28.2. The van der Waals surface area contributed by atoms with E-state index in [-0.39, 0.29) is 17.3 Å². The molecule has 0 radical (unpaired) electrons. The third-order valence-electron chi connectivity index (χ3n) is 11.3. The maximum atomic E-state index is 14.2. The quantitative estimate of drug-likeness (QED) is 0.298. The fraction of sp³-hybridized carbons (Fsp3) is 0.750. The first-order valence-corrected chi connectivity index (χ1v) is 16.7. The molecule has 1 aromatic rings. The van der Waals surface area contributed by atoms with Gasteiger partial charge in [0.05, 0.1) is 11.7 Å². The number of carbonyl (C=O) groups is 1. The van der Waals surface area contributed by atoms with Gasteiger partial charge < -0.3 is 15.1 Å². The van der Waals surface area contributed by atoms with Crippen LogP contribution in [0.4, 0.5) is 0 Å². The summed E-state index contributed by atoms with van der Waals surface area (Å²) in [5.41, 5.74) is 3.40. The number of rotatable bonds is 4. The van der Waals surface area contributed by atoms with Gasteiger partial charge in [0.15, 0.2) is 5.78 Å². The van der Waals surface area contributed by atoms with Crippen LogP contribution in [0.1, 0.15) is 144 Å². The minimum absolute atomic E-state index is 0.115. The number of hydrogen-bond donors (Lipinski definition) is 2. The van der Waals surface area contributed by atoms with E-state index in [9.17, 15) is 15.0 Å². The van der Waals surface area contributed by atoms with Gasteiger partial charge in [0.25, 0.3) is 0 Å². The Morgan fingerprint density at radius 2 is 1.65 bits per heavy atom. The van der Waals surface area contributed by atoms with E-state index in [4.69, 9.17) is 0 Å². The zero-order valence-electron chi connectivity index (χ0n) is 25.4. The molecule has 4 aliphatic carbocycles. The van der Waals surface area contributed by atoms with Gasteiger partial charge in [-0.1, -0.05) is 69.2 Å². The average molecular weight is 550 g/mol. The molecule has 6 rings (SSSR count). The highest BCUT2D eigenvalue weighted by Crippen LogP contribution is 2.59. The van der Waals surface area contributed by atoms with E-state index >= 15 is 0 Å². The molecule has 4 atom stereocenters. The molecule has 4 nitrogen and oxygen atoms in total. The van der Waals surface area contributed by atoms with E-state index in [0.29, 0.717) is 12.2 Å². The summed E-state index contributed by atoms with van der Waals surface area (Å²) < 4.78 is 0. The standard InChI is InChI=1S/C36H55NO3/c1-27-12-11-20-35(2)33(19-21-36(35,40)26-37-22-9-4-3-5-10-23-37)31-18-16-28(24-30(38)17-15-27)25-32(31)34(39)29-13-7-6-8-14-29/h12,16,18,25,29-30,33,38,40H,3-11,13-15,17,19-24,26H2,1-2H3. The van der Waals surface area contributed by atoms with Crippen LogP contribution in [0.5, 0.6) is 0 Å². The molecule has 4 heteroatoms. The second-order valence-corrected chi connectivity index (χ2v) is 14.2. The summed E-state index contributed by atoms with van der Waals surface area (Å²) in [6.45, 7) is 7.46. The van der Waals surface area contributed by atoms with Crippen LogP contribution >= 0.6 is 0 Å². The lowest BCUT2D eigenvalue weighted by atomic mass is 9.64. The predicted molar refractivity (Wildman–Crippen MR) is 164 cm³/mol. The van der Waals surface area contributed by atoms with Crippen LogP contribution < -0.4 is 0 Å². The average Bonchev–Trinajstić information content (AvgIpc) is 3.18.